The van der Waals surface area contributed by atoms with Gasteiger partial charge < -0.3 is 14.6 Å². The molecule has 1 aromatic heterocycles. The highest BCUT2D eigenvalue weighted by Crippen LogP contribution is 2.18. The Morgan fingerprint density at radius 3 is 2.83 bits per heavy atom. The Labute approximate surface area is 106 Å². The fourth-order valence-corrected chi connectivity index (χ4v) is 2.21. The van der Waals surface area contributed by atoms with Crippen LogP contribution in [-0.2, 0) is 16.0 Å². The van der Waals surface area contributed by atoms with Crippen LogP contribution in [-0.4, -0.2) is 34.8 Å². The van der Waals surface area contributed by atoms with E-state index < -0.39 is 5.54 Å². The zero-order chi connectivity index (χ0) is 13.3. The van der Waals surface area contributed by atoms with E-state index in [2.05, 4.69) is 5.32 Å². The third-order valence-corrected chi connectivity index (χ3v) is 3.17. The standard InChI is InChI=1S/C13H18N2O3/c1-9(7-10-5-4-6-18-10)15-8-11(16)14-13(2,3)12(15)17/h4-6,9H,7-8H2,1-3H3,(H,14,16). The Bertz CT molecular complexity index is 451. The Morgan fingerprint density at radius 1 is 1.50 bits per heavy atom. The number of piperazine rings is 1. The Kier molecular flexibility index (Phi) is 3.15. The van der Waals surface area contributed by atoms with Gasteiger partial charge in [-0.05, 0) is 32.9 Å². The first-order valence-corrected chi connectivity index (χ1v) is 6.04. The third-order valence-electron chi connectivity index (χ3n) is 3.17. The molecule has 98 valence electrons. The van der Waals surface area contributed by atoms with Crippen molar-refractivity contribution in [1.82, 2.24) is 10.2 Å². The second-order valence-electron chi connectivity index (χ2n) is 5.24. The summed E-state index contributed by atoms with van der Waals surface area (Å²) in [4.78, 5) is 25.5. The van der Waals surface area contributed by atoms with Crippen molar-refractivity contribution in [1.29, 1.82) is 0 Å². The molecule has 5 heteroatoms. The molecular weight excluding hydrogens is 232 g/mol. The molecule has 2 amide bonds. The molecule has 2 rings (SSSR count). The second-order valence-corrected chi connectivity index (χ2v) is 5.24. The van der Waals surface area contributed by atoms with Gasteiger partial charge in [0.05, 0.1) is 12.8 Å². The summed E-state index contributed by atoms with van der Waals surface area (Å²) < 4.78 is 5.27. The number of nitrogens with zero attached hydrogens (tertiary/aromatic N) is 1. The van der Waals surface area contributed by atoms with Crippen molar-refractivity contribution in [3.63, 3.8) is 0 Å². The van der Waals surface area contributed by atoms with Crippen LogP contribution in [0, 0.1) is 0 Å². The van der Waals surface area contributed by atoms with E-state index in [1.807, 2.05) is 19.1 Å². The van der Waals surface area contributed by atoms with Gasteiger partial charge in [0.25, 0.3) is 0 Å². The number of rotatable bonds is 3. The first-order valence-electron chi connectivity index (χ1n) is 6.04. The van der Waals surface area contributed by atoms with Crippen LogP contribution in [0.4, 0.5) is 0 Å². The van der Waals surface area contributed by atoms with Crippen LogP contribution in [0.2, 0.25) is 0 Å². The van der Waals surface area contributed by atoms with E-state index in [0.717, 1.165) is 5.76 Å². The summed E-state index contributed by atoms with van der Waals surface area (Å²) >= 11 is 0. The highest BCUT2D eigenvalue weighted by atomic mass is 16.3. The fraction of sp³-hybridized carbons (Fsp3) is 0.538. The lowest BCUT2D eigenvalue weighted by atomic mass is 9.98. The molecule has 0 saturated carbocycles. The monoisotopic (exact) mass is 250 g/mol. The van der Waals surface area contributed by atoms with Gasteiger partial charge in [0, 0.05) is 12.5 Å². The van der Waals surface area contributed by atoms with Gasteiger partial charge in [-0.3, -0.25) is 9.59 Å². The number of hydrogen-bond acceptors (Lipinski definition) is 3. The number of carbonyl (C=O) groups is 2. The molecule has 1 aliphatic rings. The van der Waals surface area contributed by atoms with Crippen molar-refractivity contribution >= 4 is 11.8 Å². The summed E-state index contributed by atoms with van der Waals surface area (Å²) in [6, 6.07) is 3.63. The molecule has 5 nitrogen and oxygen atoms in total. The quantitative estimate of drug-likeness (QED) is 0.868. The van der Waals surface area contributed by atoms with Crippen LogP contribution in [0.3, 0.4) is 0 Å². The average molecular weight is 250 g/mol. The second kappa shape index (κ2) is 4.48. The molecule has 1 unspecified atom stereocenters. The van der Waals surface area contributed by atoms with Gasteiger partial charge in [0.1, 0.15) is 11.3 Å². The van der Waals surface area contributed by atoms with Gasteiger partial charge in [0.15, 0.2) is 0 Å². The van der Waals surface area contributed by atoms with E-state index in [1.165, 1.54) is 0 Å². The summed E-state index contributed by atoms with van der Waals surface area (Å²) in [6.45, 7) is 5.48. The smallest absolute Gasteiger partial charge is 0.248 e. The molecule has 0 aromatic carbocycles. The van der Waals surface area contributed by atoms with Crippen molar-refractivity contribution in [2.45, 2.75) is 38.8 Å². The molecular formula is C13H18N2O3. The van der Waals surface area contributed by atoms with E-state index in [4.69, 9.17) is 4.42 Å². The van der Waals surface area contributed by atoms with Gasteiger partial charge in [-0.1, -0.05) is 0 Å². The van der Waals surface area contributed by atoms with Gasteiger partial charge in [-0.2, -0.15) is 0 Å². The fourth-order valence-electron chi connectivity index (χ4n) is 2.21. The normalized spacial score (nSPS) is 20.7. The zero-order valence-electron chi connectivity index (χ0n) is 10.9. The number of hydrogen-bond donors (Lipinski definition) is 1. The van der Waals surface area contributed by atoms with Crippen LogP contribution in [0.1, 0.15) is 26.5 Å². The van der Waals surface area contributed by atoms with Crippen molar-refractivity contribution in [3.8, 4) is 0 Å². The topological polar surface area (TPSA) is 62.6 Å². The molecule has 1 N–H and O–H groups in total. The van der Waals surface area contributed by atoms with Crippen LogP contribution < -0.4 is 5.32 Å². The highest BCUT2D eigenvalue weighted by molar-refractivity contribution is 5.97. The Morgan fingerprint density at radius 2 is 2.22 bits per heavy atom. The van der Waals surface area contributed by atoms with Gasteiger partial charge in [0.2, 0.25) is 11.8 Å². The minimum Gasteiger partial charge on any atom is -0.469 e. The summed E-state index contributed by atoms with van der Waals surface area (Å²) in [7, 11) is 0. The predicted molar refractivity (Wildman–Crippen MR) is 65.8 cm³/mol. The molecule has 2 heterocycles. The van der Waals surface area contributed by atoms with E-state index in [9.17, 15) is 9.59 Å². The average Bonchev–Trinajstić information content (AvgIpc) is 2.75. The first-order chi connectivity index (χ1) is 8.40. The molecule has 1 aliphatic heterocycles. The molecule has 1 aromatic rings. The predicted octanol–water partition coefficient (Wildman–Crippen LogP) is 0.948. The Balaban J connectivity index is 2.11. The molecule has 0 spiro atoms. The van der Waals surface area contributed by atoms with E-state index >= 15 is 0 Å². The summed E-state index contributed by atoms with van der Waals surface area (Å²) in [5.41, 5.74) is -0.827. The van der Waals surface area contributed by atoms with E-state index in [-0.39, 0.29) is 24.4 Å². The van der Waals surface area contributed by atoms with Crippen LogP contribution >= 0.6 is 0 Å². The third kappa shape index (κ3) is 2.39. The number of furan rings is 1. The summed E-state index contributed by atoms with van der Waals surface area (Å²) in [5, 5.41) is 2.70. The molecule has 0 bridgehead atoms. The maximum absolute atomic E-state index is 12.2. The van der Waals surface area contributed by atoms with Gasteiger partial charge >= 0.3 is 0 Å². The summed E-state index contributed by atoms with van der Waals surface area (Å²) in [5.74, 6) is 0.645. The molecule has 0 aliphatic carbocycles. The van der Waals surface area contributed by atoms with Crippen LogP contribution in [0.15, 0.2) is 22.8 Å². The zero-order valence-corrected chi connectivity index (χ0v) is 10.9. The molecule has 1 saturated heterocycles. The maximum Gasteiger partial charge on any atom is 0.248 e. The van der Waals surface area contributed by atoms with Gasteiger partial charge in [-0.25, -0.2) is 0 Å². The number of amides is 2. The Hall–Kier alpha value is -1.78. The maximum atomic E-state index is 12.2. The molecule has 1 fully saturated rings. The minimum atomic E-state index is -0.827. The van der Waals surface area contributed by atoms with Crippen molar-refractivity contribution in [3.05, 3.63) is 24.2 Å². The largest absolute Gasteiger partial charge is 0.469 e. The number of carbonyl (C=O) groups excluding carboxylic acids is 2. The molecule has 0 radical (unpaired) electrons. The van der Waals surface area contributed by atoms with Crippen molar-refractivity contribution in [2.75, 3.05) is 6.54 Å². The highest BCUT2D eigenvalue weighted by Gasteiger charge is 2.40. The SMILES string of the molecule is CC(Cc1ccco1)N1CC(=O)NC(C)(C)C1=O. The lowest BCUT2D eigenvalue weighted by Gasteiger charge is -2.40. The van der Waals surface area contributed by atoms with E-state index in [0.29, 0.717) is 6.42 Å². The minimum absolute atomic E-state index is 0.0545. The van der Waals surface area contributed by atoms with Gasteiger partial charge in [-0.15, -0.1) is 0 Å². The molecule has 1 atom stereocenters. The lowest BCUT2D eigenvalue weighted by Crippen LogP contribution is -2.65. The molecule has 18 heavy (non-hydrogen) atoms. The number of nitrogens with one attached hydrogen (secondary N) is 1. The van der Waals surface area contributed by atoms with E-state index in [1.54, 1.807) is 25.0 Å². The van der Waals surface area contributed by atoms with Crippen molar-refractivity contribution in [2.24, 2.45) is 0 Å². The summed E-state index contributed by atoms with van der Waals surface area (Å²) in [6.07, 6.45) is 2.22. The first kappa shape index (κ1) is 12.7. The van der Waals surface area contributed by atoms with Crippen LogP contribution in [0.25, 0.3) is 0 Å². The van der Waals surface area contributed by atoms with Crippen LogP contribution in [0.5, 0.6) is 0 Å². The lowest BCUT2D eigenvalue weighted by molar-refractivity contribution is -0.150. The van der Waals surface area contributed by atoms with Crippen molar-refractivity contribution < 1.29 is 14.0 Å².